The topological polar surface area (TPSA) is 155 Å². The van der Waals surface area contributed by atoms with Gasteiger partial charge >= 0.3 is 6.09 Å². The Bertz CT molecular complexity index is 2510. The van der Waals surface area contributed by atoms with Crippen LogP contribution in [0.5, 0.6) is 23.1 Å². The molecule has 0 saturated carbocycles. The molecule has 4 aromatic heterocycles. The number of hydrogen-bond donors (Lipinski definition) is 2. The number of nitrogens with zero attached hydrogens (tertiary/aromatic N) is 8. The highest BCUT2D eigenvalue weighted by Crippen LogP contribution is 2.43. The van der Waals surface area contributed by atoms with Gasteiger partial charge in [-0.25, -0.2) is 14.5 Å². The van der Waals surface area contributed by atoms with E-state index in [2.05, 4.69) is 32.8 Å². The largest absolute Gasteiger partial charge is 0.497 e. The number of aryl methyl sites for hydroxylation is 2. The van der Waals surface area contributed by atoms with Crippen LogP contribution in [0.3, 0.4) is 0 Å². The van der Waals surface area contributed by atoms with Crippen molar-refractivity contribution in [1.82, 2.24) is 34.4 Å². The van der Waals surface area contributed by atoms with Gasteiger partial charge in [0.05, 0.1) is 54.6 Å². The molecule has 2 saturated heterocycles. The Morgan fingerprint density at radius 2 is 1.88 bits per heavy atom. The van der Waals surface area contributed by atoms with E-state index in [1.165, 1.54) is 0 Å². The average molecular weight is 819 g/mol. The number of hydrogen-bond acceptors (Lipinski definition) is 13. The maximum absolute atomic E-state index is 13.1. The van der Waals surface area contributed by atoms with E-state index in [-0.39, 0.29) is 18.4 Å². The molecule has 0 aliphatic carbocycles. The fourth-order valence-corrected chi connectivity index (χ4v) is 7.81. The summed E-state index contributed by atoms with van der Waals surface area (Å²) in [6, 6.07) is 13.7. The number of fused-ring (bicyclic) bond motifs is 2. The average Bonchev–Trinajstić information content (AvgIpc) is 4.01. The molecule has 8 rings (SSSR count). The van der Waals surface area contributed by atoms with Gasteiger partial charge in [0, 0.05) is 69.6 Å². The number of rotatable bonds is 12. The standard InChI is InChI=1S/C44H54N10O6/c1-27-12-15-34-32(24-47-54(34)38-11-9-10-20-58-38)40(27)59-42-39-31(22-37(49-42)53-19-16-29(26-53)52(6)43(55)60-44(2,3)4)33(48-36-17-18-51(5)50-36)25-46-41(39)45-23-28-13-14-30(56-7)21-35(28)57-8/h12-15,17-18,21-22,24-25,29,38H,9-11,16,19-20,23,26H2,1-8H3,(H,45,46)(H,48,50)/t29-,38?/m1/s1. The number of carbonyl (C=O) groups is 1. The molecule has 2 aliphatic heterocycles. The van der Waals surface area contributed by atoms with Gasteiger partial charge in [0.15, 0.2) is 12.0 Å². The van der Waals surface area contributed by atoms with Crippen molar-refractivity contribution in [2.45, 2.75) is 77.8 Å². The second kappa shape index (κ2) is 16.8. The summed E-state index contributed by atoms with van der Waals surface area (Å²) in [7, 11) is 6.94. The van der Waals surface area contributed by atoms with Crippen molar-refractivity contribution >= 4 is 50.9 Å². The number of likely N-dealkylation sites (N-methyl/N-ethyl adjacent to an activating group) is 1. The molecule has 316 valence electrons. The summed E-state index contributed by atoms with van der Waals surface area (Å²) in [4.78, 5) is 27.3. The Balaban J connectivity index is 1.25. The van der Waals surface area contributed by atoms with E-state index < -0.39 is 5.60 Å². The van der Waals surface area contributed by atoms with Gasteiger partial charge in [0.2, 0.25) is 5.88 Å². The zero-order chi connectivity index (χ0) is 42.1. The third-order valence-corrected chi connectivity index (χ3v) is 11.0. The summed E-state index contributed by atoms with van der Waals surface area (Å²) in [5.41, 5.74) is 2.85. The van der Waals surface area contributed by atoms with Crippen LogP contribution in [-0.2, 0) is 23.1 Å². The first-order chi connectivity index (χ1) is 28.9. The monoisotopic (exact) mass is 818 g/mol. The van der Waals surface area contributed by atoms with Gasteiger partial charge in [-0.2, -0.15) is 15.2 Å². The highest BCUT2D eigenvalue weighted by Gasteiger charge is 2.33. The highest BCUT2D eigenvalue weighted by molar-refractivity contribution is 6.05. The SMILES string of the molecule is COc1ccc(CNc2ncc(Nc3ccn(C)n3)c3cc(N4CC[C@@H](N(C)C(=O)OC(C)(C)C)C4)nc(Oc4c(C)ccc5c4cnn5C4CCCCO4)c23)c(OC)c1. The number of nitrogens with one attached hydrogen (secondary N) is 2. The van der Waals surface area contributed by atoms with Gasteiger partial charge in [-0.05, 0) is 83.2 Å². The highest BCUT2D eigenvalue weighted by atomic mass is 16.6. The third-order valence-electron chi connectivity index (χ3n) is 11.0. The van der Waals surface area contributed by atoms with Crippen LogP contribution in [0.15, 0.2) is 61.1 Å². The van der Waals surface area contributed by atoms with Crippen LogP contribution in [0.1, 0.15) is 63.8 Å². The summed E-state index contributed by atoms with van der Waals surface area (Å²) in [6.07, 6.45) is 8.76. The summed E-state index contributed by atoms with van der Waals surface area (Å²) in [6.45, 7) is 9.94. The van der Waals surface area contributed by atoms with Crippen LogP contribution in [0.2, 0.25) is 0 Å². The fraction of sp³-hybridized carbons (Fsp3) is 0.432. The van der Waals surface area contributed by atoms with Gasteiger partial charge in [-0.1, -0.05) is 6.07 Å². The Labute approximate surface area is 349 Å². The van der Waals surface area contributed by atoms with E-state index in [9.17, 15) is 4.79 Å². The second-order valence-electron chi connectivity index (χ2n) is 16.4. The second-order valence-corrected chi connectivity index (χ2v) is 16.4. The first-order valence-corrected chi connectivity index (χ1v) is 20.4. The number of methoxy groups -OCH3 is 2. The molecule has 6 heterocycles. The Hall–Kier alpha value is -6.29. The van der Waals surface area contributed by atoms with Crippen molar-refractivity contribution in [1.29, 1.82) is 0 Å². The van der Waals surface area contributed by atoms with E-state index in [1.807, 2.05) is 82.1 Å². The Morgan fingerprint density at radius 3 is 2.62 bits per heavy atom. The minimum absolute atomic E-state index is 0.0918. The fourth-order valence-electron chi connectivity index (χ4n) is 7.81. The molecule has 16 nitrogen and oxygen atoms in total. The molecule has 2 aromatic carbocycles. The van der Waals surface area contributed by atoms with Crippen LogP contribution in [0.4, 0.5) is 27.9 Å². The van der Waals surface area contributed by atoms with Gasteiger partial charge in [-0.3, -0.25) is 4.68 Å². The molecule has 2 aliphatic rings. The van der Waals surface area contributed by atoms with Gasteiger partial charge in [0.25, 0.3) is 0 Å². The summed E-state index contributed by atoms with van der Waals surface area (Å²) in [5, 5.41) is 18.8. The smallest absolute Gasteiger partial charge is 0.410 e. The molecule has 16 heteroatoms. The van der Waals surface area contributed by atoms with Crippen molar-refractivity contribution in [2.75, 3.05) is 56.5 Å². The number of pyridine rings is 2. The Morgan fingerprint density at radius 1 is 1.03 bits per heavy atom. The van der Waals surface area contributed by atoms with E-state index in [4.69, 9.17) is 38.8 Å². The number of carbonyl (C=O) groups excluding carboxylic acids is 1. The lowest BCUT2D eigenvalue weighted by Gasteiger charge is -2.29. The van der Waals surface area contributed by atoms with E-state index >= 15 is 0 Å². The third kappa shape index (κ3) is 8.41. The molecule has 60 heavy (non-hydrogen) atoms. The molecule has 0 radical (unpaired) electrons. The maximum atomic E-state index is 13.1. The predicted molar refractivity (Wildman–Crippen MR) is 231 cm³/mol. The number of amides is 1. The van der Waals surface area contributed by atoms with E-state index in [0.717, 1.165) is 53.1 Å². The molecular weight excluding hydrogens is 765 g/mol. The van der Waals surface area contributed by atoms with Crippen molar-refractivity contribution in [3.63, 3.8) is 0 Å². The molecule has 2 N–H and O–H groups in total. The summed E-state index contributed by atoms with van der Waals surface area (Å²) < 4.78 is 33.9. The molecule has 1 amide bonds. The lowest BCUT2D eigenvalue weighted by Crippen LogP contribution is -2.42. The molecular formula is C44H54N10O6. The molecule has 0 spiro atoms. The predicted octanol–water partition coefficient (Wildman–Crippen LogP) is 8.33. The first kappa shape index (κ1) is 40.5. The summed E-state index contributed by atoms with van der Waals surface area (Å²) in [5.74, 6) is 4.26. The lowest BCUT2D eigenvalue weighted by atomic mass is 10.1. The maximum Gasteiger partial charge on any atom is 0.410 e. The molecule has 1 unspecified atom stereocenters. The minimum atomic E-state index is -0.605. The van der Waals surface area contributed by atoms with Gasteiger partial charge < -0.3 is 44.1 Å². The van der Waals surface area contributed by atoms with Crippen molar-refractivity contribution in [3.05, 3.63) is 72.2 Å². The normalized spacial score (nSPS) is 16.9. The van der Waals surface area contributed by atoms with E-state index in [1.54, 1.807) is 37.0 Å². The molecule has 2 atom stereocenters. The number of benzene rings is 2. The zero-order valence-corrected chi connectivity index (χ0v) is 35.6. The van der Waals surface area contributed by atoms with Crippen LogP contribution < -0.4 is 29.7 Å². The van der Waals surface area contributed by atoms with Crippen LogP contribution >= 0.6 is 0 Å². The van der Waals surface area contributed by atoms with E-state index in [0.29, 0.717) is 77.9 Å². The number of anilines is 4. The van der Waals surface area contributed by atoms with Crippen LogP contribution in [-0.4, -0.2) is 93.1 Å². The van der Waals surface area contributed by atoms with Crippen LogP contribution in [0, 0.1) is 6.92 Å². The first-order valence-electron chi connectivity index (χ1n) is 20.4. The molecule has 0 bridgehead atoms. The molecule has 6 aromatic rings. The van der Waals surface area contributed by atoms with Gasteiger partial charge in [0.1, 0.15) is 34.5 Å². The zero-order valence-electron chi connectivity index (χ0n) is 35.6. The van der Waals surface area contributed by atoms with Gasteiger partial charge in [-0.15, -0.1) is 0 Å². The minimum Gasteiger partial charge on any atom is -0.497 e. The quantitative estimate of drug-likeness (QED) is 0.122. The number of aromatic nitrogens is 6. The number of ether oxygens (including phenoxy) is 5. The van der Waals surface area contributed by atoms with Crippen molar-refractivity contribution in [2.24, 2.45) is 7.05 Å². The molecule has 2 fully saturated rings. The Kier molecular flexibility index (Phi) is 11.3. The summed E-state index contributed by atoms with van der Waals surface area (Å²) >= 11 is 0. The lowest BCUT2D eigenvalue weighted by molar-refractivity contribution is -0.0366. The van der Waals surface area contributed by atoms with Crippen molar-refractivity contribution in [3.8, 4) is 23.1 Å². The van der Waals surface area contributed by atoms with Crippen LogP contribution in [0.25, 0.3) is 21.7 Å². The van der Waals surface area contributed by atoms with Crippen molar-refractivity contribution < 1.29 is 28.5 Å².